The molecule has 4 nitrogen and oxygen atoms in total. The summed E-state index contributed by atoms with van der Waals surface area (Å²) < 4.78 is 5.59. The SMILES string of the molecule is O=C(c1ccc2c(c1)CCCO2)N1CCCNCC1. The summed E-state index contributed by atoms with van der Waals surface area (Å²) in [6, 6.07) is 5.84. The first kappa shape index (κ1) is 12.5. The summed E-state index contributed by atoms with van der Waals surface area (Å²) in [5.41, 5.74) is 1.97. The molecule has 1 aromatic rings. The molecule has 102 valence electrons. The molecule has 4 heteroatoms. The van der Waals surface area contributed by atoms with Crippen LogP contribution in [0.3, 0.4) is 0 Å². The first-order chi connectivity index (χ1) is 9.34. The van der Waals surface area contributed by atoms with Gasteiger partial charge in [-0.1, -0.05) is 0 Å². The Morgan fingerprint density at radius 1 is 1.21 bits per heavy atom. The van der Waals surface area contributed by atoms with Crippen molar-refractivity contribution in [1.29, 1.82) is 0 Å². The first-order valence-corrected chi connectivity index (χ1v) is 7.10. The summed E-state index contributed by atoms with van der Waals surface area (Å²) in [5.74, 6) is 1.09. The van der Waals surface area contributed by atoms with Crippen molar-refractivity contribution in [2.45, 2.75) is 19.3 Å². The zero-order valence-electron chi connectivity index (χ0n) is 11.2. The summed E-state index contributed by atoms with van der Waals surface area (Å²) in [4.78, 5) is 14.4. The number of ether oxygens (including phenoxy) is 1. The van der Waals surface area contributed by atoms with Gasteiger partial charge in [-0.3, -0.25) is 4.79 Å². The van der Waals surface area contributed by atoms with Gasteiger partial charge in [-0.2, -0.15) is 0 Å². The molecule has 0 atom stereocenters. The molecule has 0 aliphatic carbocycles. The van der Waals surface area contributed by atoms with E-state index in [0.29, 0.717) is 0 Å². The maximum atomic E-state index is 12.5. The third-order valence-corrected chi connectivity index (χ3v) is 3.78. The Morgan fingerprint density at radius 2 is 2.16 bits per heavy atom. The lowest BCUT2D eigenvalue weighted by Gasteiger charge is -2.22. The predicted molar refractivity (Wildman–Crippen MR) is 73.6 cm³/mol. The second-order valence-corrected chi connectivity index (χ2v) is 5.17. The Bertz CT molecular complexity index is 465. The minimum Gasteiger partial charge on any atom is -0.493 e. The molecule has 3 rings (SSSR count). The van der Waals surface area contributed by atoms with E-state index >= 15 is 0 Å². The summed E-state index contributed by atoms with van der Waals surface area (Å²) in [5, 5.41) is 3.32. The molecular formula is C15H20N2O2. The van der Waals surface area contributed by atoms with E-state index in [2.05, 4.69) is 5.32 Å². The molecule has 1 fully saturated rings. The van der Waals surface area contributed by atoms with E-state index in [-0.39, 0.29) is 5.91 Å². The lowest BCUT2D eigenvalue weighted by molar-refractivity contribution is 0.0766. The van der Waals surface area contributed by atoms with Crippen molar-refractivity contribution in [2.75, 3.05) is 32.8 Å². The fraction of sp³-hybridized carbons (Fsp3) is 0.533. The number of fused-ring (bicyclic) bond motifs is 1. The maximum absolute atomic E-state index is 12.5. The van der Waals surface area contributed by atoms with Gasteiger partial charge in [-0.25, -0.2) is 0 Å². The Balaban J connectivity index is 1.78. The van der Waals surface area contributed by atoms with Crippen LogP contribution in [0.15, 0.2) is 18.2 Å². The van der Waals surface area contributed by atoms with Gasteiger partial charge in [0.15, 0.2) is 0 Å². The van der Waals surface area contributed by atoms with Crippen LogP contribution in [0.1, 0.15) is 28.8 Å². The van der Waals surface area contributed by atoms with Crippen LogP contribution in [0.5, 0.6) is 5.75 Å². The molecule has 0 aromatic heterocycles. The van der Waals surface area contributed by atoms with Gasteiger partial charge in [0.05, 0.1) is 6.61 Å². The Labute approximate surface area is 113 Å². The van der Waals surface area contributed by atoms with Crippen LogP contribution < -0.4 is 10.1 Å². The average molecular weight is 260 g/mol. The lowest BCUT2D eigenvalue weighted by Crippen LogP contribution is -2.34. The standard InChI is InChI=1S/C15H20N2O2/c18-15(17-8-2-6-16-7-9-17)13-4-5-14-12(11-13)3-1-10-19-14/h4-5,11,16H,1-3,6-10H2. The molecule has 0 unspecified atom stereocenters. The number of nitrogens with zero attached hydrogens (tertiary/aromatic N) is 1. The van der Waals surface area contributed by atoms with Gasteiger partial charge in [0.1, 0.15) is 5.75 Å². The molecule has 0 spiro atoms. The summed E-state index contributed by atoms with van der Waals surface area (Å²) in [6.45, 7) is 4.32. The molecular weight excluding hydrogens is 240 g/mol. The number of aryl methyl sites for hydroxylation is 1. The van der Waals surface area contributed by atoms with Crippen LogP contribution in [-0.2, 0) is 6.42 Å². The number of hydrogen-bond donors (Lipinski definition) is 1. The van der Waals surface area contributed by atoms with Crippen molar-refractivity contribution in [3.8, 4) is 5.75 Å². The lowest BCUT2D eigenvalue weighted by atomic mass is 10.0. The third kappa shape index (κ3) is 2.73. The highest BCUT2D eigenvalue weighted by molar-refractivity contribution is 5.94. The molecule has 0 radical (unpaired) electrons. The molecule has 0 bridgehead atoms. The quantitative estimate of drug-likeness (QED) is 0.831. The topological polar surface area (TPSA) is 41.6 Å². The Morgan fingerprint density at radius 3 is 3.11 bits per heavy atom. The van der Waals surface area contributed by atoms with E-state index in [1.165, 1.54) is 5.56 Å². The fourth-order valence-electron chi connectivity index (χ4n) is 2.72. The van der Waals surface area contributed by atoms with Crippen LogP contribution in [-0.4, -0.2) is 43.6 Å². The normalized spacial score (nSPS) is 19.3. The van der Waals surface area contributed by atoms with Gasteiger partial charge in [0.25, 0.3) is 5.91 Å². The number of carbonyl (C=O) groups excluding carboxylic acids is 1. The van der Waals surface area contributed by atoms with Crippen molar-refractivity contribution < 1.29 is 9.53 Å². The molecule has 2 heterocycles. The van der Waals surface area contributed by atoms with Crippen LogP contribution >= 0.6 is 0 Å². The van der Waals surface area contributed by atoms with E-state index in [4.69, 9.17) is 4.74 Å². The number of carbonyl (C=O) groups is 1. The monoisotopic (exact) mass is 260 g/mol. The number of benzene rings is 1. The Hall–Kier alpha value is -1.55. The number of nitrogens with one attached hydrogen (secondary N) is 1. The summed E-state index contributed by atoms with van der Waals surface area (Å²) >= 11 is 0. The highest BCUT2D eigenvalue weighted by atomic mass is 16.5. The van der Waals surface area contributed by atoms with Crippen molar-refractivity contribution >= 4 is 5.91 Å². The zero-order chi connectivity index (χ0) is 13.1. The van der Waals surface area contributed by atoms with Crippen LogP contribution in [0.4, 0.5) is 0 Å². The number of hydrogen-bond acceptors (Lipinski definition) is 3. The highest BCUT2D eigenvalue weighted by Crippen LogP contribution is 2.26. The van der Waals surface area contributed by atoms with Crippen molar-refractivity contribution in [3.05, 3.63) is 29.3 Å². The first-order valence-electron chi connectivity index (χ1n) is 7.10. The smallest absolute Gasteiger partial charge is 0.253 e. The third-order valence-electron chi connectivity index (χ3n) is 3.78. The van der Waals surface area contributed by atoms with Gasteiger partial charge in [0, 0.05) is 25.2 Å². The van der Waals surface area contributed by atoms with Crippen molar-refractivity contribution in [1.82, 2.24) is 10.2 Å². The summed E-state index contributed by atoms with van der Waals surface area (Å²) in [7, 11) is 0. The maximum Gasteiger partial charge on any atom is 0.253 e. The van der Waals surface area contributed by atoms with Gasteiger partial charge in [-0.15, -0.1) is 0 Å². The van der Waals surface area contributed by atoms with Crippen molar-refractivity contribution in [2.24, 2.45) is 0 Å². The minimum atomic E-state index is 0.150. The van der Waals surface area contributed by atoms with Crippen molar-refractivity contribution in [3.63, 3.8) is 0 Å². The van der Waals surface area contributed by atoms with Crippen LogP contribution in [0.25, 0.3) is 0 Å². The highest BCUT2D eigenvalue weighted by Gasteiger charge is 2.19. The Kier molecular flexibility index (Phi) is 3.69. The second-order valence-electron chi connectivity index (χ2n) is 5.17. The molecule has 2 aliphatic rings. The molecule has 1 aromatic carbocycles. The van der Waals surface area contributed by atoms with Crippen LogP contribution in [0, 0.1) is 0 Å². The summed E-state index contributed by atoms with van der Waals surface area (Å²) in [6.07, 6.45) is 3.08. The predicted octanol–water partition coefficient (Wildman–Crippen LogP) is 1.45. The molecule has 1 saturated heterocycles. The molecule has 1 amide bonds. The molecule has 0 saturated carbocycles. The second kappa shape index (κ2) is 5.61. The molecule has 19 heavy (non-hydrogen) atoms. The van der Waals surface area contributed by atoms with Gasteiger partial charge in [0.2, 0.25) is 0 Å². The molecule has 1 N–H and O–H groups in total. The minimum absolute atomic E-state index is 0.150. The van der Waals surface area contributed by atoms with Crippen LogP contribution in [0.2, 0.25) is 0 Å². The van der Waals surface area contributed by atoms with Gasteiger partial charge >= 0.3 is 0 Å². The van der Waals surface area contributed by atoms with Gasteiger partial charge < -0.3 is 15.0 Å². The number of amides is 1. The van der Waals surface area contributed by atoms with E-state index in [0.717, 1.165) is 63.4 Å². The average Bonchev–Trinajstić information content (AvgIpc) is 2.75. The largest absolute Gasteiger partial charge is 0.493 e. The fourth-order valence-corrected chi connectivity index (χ4v) is 2.72. The van der Waals surface area contributed by atoms with E-state index in [9.17, 15) is 4.79 Å². The number of rotatable bonds is 1. The van der Waals surface area contributed by atoms with E-state index in [1.54, 1.807) is 0 Å². The molecule has 2 aliphatic heterocycles. The van der Waals surface area contributed by atoms with E-state index < -0.39 is 0 Å². The van der Waals surface area contributed by atoms with Gasteiger partial charge in [-0.05, 0) is 49.6 Å². The zero-order valence-corrected chi connectivity index (χ0v) is 11.2. The van der Waals surface area contributed by atoms with E-state index in [1.807, 2.05) is 23.1 Å².